The van der Waals surface area contributed by atoms with Crippen LogP contribution in [0.15, 0.2) is 60.7 Å². The lowest BCUT2D eigenvalue weighted by molar-refractivity contribution is -0.122. The largest absolute Gasteiger partial charge is 0.379 e. The Hall–Kier alpha value is -1.63. The summed E-state index contributed by atoms with van der Waals surface area (Å²) in [6, 6.07) is 19.2. The number of nitrogens with one attached hydrogen (secondary N) is 1. The van der Waals surface area contributed by atoms with Crippen LogP contribution < -0.4 is 11.1 Å². The molecule has 1 heterocycles. The summed E-state index contributed by atoms with van der Waals surface area (Å²) >= 11 is 0. The van der Waals surface area contributed by atoms with Gasteiger partial charge in [-0.15, -0.1) is 24.8 Å². The third kappa shape index (κ3) is 6.48. The van der Waals surface area contributed by atoms with Gasteiger partial charge in [0.25, 0.3) is 0 Å². The summed E-state index contributed by atoms with van der Waals surface area (Å²) in [5.41, 5.74) is 8.11. The first-order valence-corrected chi connectivity index (χ1v) is 8.70. The molecular weight excluding hydrogens is 385 g/mol. The zero-order valence-corrected chi connectivity index (χ0v) is 16.8. The van der Waals surface area contributed by atoms with Crippen LogP contribution in [-0.2, 0) is 9.53 Å². The average Bonchev–Trinajstić information content (AvgIpc) is 2.70. The summed E-state index contributed by atoms with van der Waals surface area (Å²) in [6.07, 6.45) is 0. The first-order chi connectivity index (χ1) is 12.3. The predicted molar refractivity (Wildman–Crippen MR) is 112 cm³/mol. The Balaban J connectivity index is 0.00000182. The molecule has 1 fully saturated rings. The maximum Gasteiger partial charge on any atom is 0.241 e. The maximum absolute atomic E-state index is 12.5. The standard InChI is InChI=1S/C20H25N3O2.2ClH/c21-19(17-9-5-2-6-10-17)20(24)22-15-18(16-7-3-1-4-8-16)23-11-13-25-14-12-23;;/h1-10,18-19H,11-15,21H2,(H,22,24);2*1H. The molecule has 0 aromatic heterocycles. The van der Waals surface area contributed by atoms with E-state index >= 15 is 0 Å². The van der Waals surface area contributed by atoms with E-state index in [2.05, 4.69) is 22.3 Å². The van der Waals surface area contributed by atoms with E-state index in [1.807, 2.05) is 48.5 Å². The molecule has 2 aromatic rings. The number of ether oxygens (including phenoxy) is 1. The minimum absolute atomic E-state index is 0. The van der Waals surface area contributed by atoms with Gasteiger partial charge in [0.15, 0.2) is 0 Å². The molecule has 1 saturated heterocycles. The van der Waals surface area contributed by atoms with Crippen LogP contribution in [-0.4, -0.2) is 43.7 Å². The normalized spacial score (nSPS) is 16.3. The third-order valence-electron chi connectivity index (χ3n) is 4.58. The highest BCUT2D eigenvalue weighted by Crippen LogP contribution is 2.21. The quantitative estimate of drug-likeness (QED) is 0.766. The Morgan fingerprint density at radius 2 is 1.48 bits per heavy atom. The minimum Gasteiger partial charge on any atom is -0.379 e. The molecule has 2 atom stereocenters. The van der Waals surface area contributed by atoms with Crippen molar-refractivity contribution in [1.82, 2.24) is 10.2 Å². The molecule has 0 radical (unpaired) electrons. The molecule has 1 aliphatic heterocycles. The Labute approximate surface area is 173 Å². The second-order valence-electron chi connectivity index (χ2n) is 6.21. The molecule has 148 valence electrons. The van der Waals surface area contributed by atoms with Crippen LogP contribution in [0, 0.1) is 0 Å². The van der Waals surface area contributed by atoms with Crippen LogP contribution in [0.4, 0.5) is 0 Å². The molecule has 3 rings (SSSR count). The lowest BCUT2D eigenvalue weighted by Crippen LogP contribution is -2.45. The van der Waals surface area contributed by atoms with E-state index in [0.29, 0.717) is 6.54 Å². The number of amides is 1. The van der Waals surface area contributed by atoms with Crippen LogP contribution >= 0.6 is 24.8 Å². The first-order valence-electron chi connectivity index (χ1n) is 8.70. The van der Waals surface area contributed by atoms with Crippen molar-refractivity contribution in [3.8, 4) is 0 Å². The van der Waals surface area contributed by atoms with Gasteiger partial charge < -0.3 is 15.8 Å². The molecular formula is C20H27Cl2N3O2. The number of halogens is 2. The number of rotatable bonds is 6. The van der Waals surface area contributed by atoms with Crippen molar-refractivity contribution in [2.24, 2.45) is 5.73 Å². The SMILES string of the molecule is Cl.Cl.NC(C(=O)NCC(c1ccccc1)N1CCOCC1)c1ccccc1. The molecule has 2 aromatic carbocycles. The van der Waals surface area contributed by atoms with Crippen molar-refractivity contribution in [2.75, 3.05) is 32.8 Å². The van der Waals surface area contributed by atoms with Crippen LogP contribution in [0.25, 0.3) is 0 Å². The fourth-order valence-corrected chi connectivity index (χ4v) is 3.14. The van der Waals surface area contributed by atoms with E-state index < -0.39 is 6.04 Å². The maximum atomic E-state index is 12.5. The fourth-order valence-electron chi connectivity index (χ4n) is 3.14. The molecule has 2 unspecified atom stereocenters. The van der Waals surface area contributed by atoms with E-state index in [4.69, 9.17) is 10.5 Å². The molecule has 0 bridgehead atoms. The van der Waals surface area contributed by atoms with Crippen LogP contribution in [0.2, 0.25) is 0 Å². The lowest BCUT2D eigenvalue weighted by atomic mass is 10.0. The number of nitrogens with zero attached hydrogens (tertiary/aromatic N) is 1. The highest BCUT2D eigenvalue weighted by molar-refractivity contribution is 5.85. The summed E-state index contributed by atoms with van der Waals surface area (Å²) in [6.45, 7) is 3.70. The fraction of sp³-hybridized carbons (Fsp3) is 0.350. The van der Waals surface area contributed by atoms with E-state index in [9.17, 15) is 4.79 Å². The summed E-state index contributed by atoms with van der Waals surface area (Å²) in [7, 11) is 0. The van der Waals surface area contributed by atoms with Crippen LogP contribution in [0.3, 0.4) is 0 Å². The number of benzene rings is 2. The number of hydrogen-bond acceptors (Lipinski definition) is 4. The second-order valence-corrected chi connectivity index (χ2v) is 6.21. The molecule has 0 spiro atoms. The van der Waals surface area contributed by atoms with E-state index in [-0.39, 0.29) is 36.8 Å². The number of hydrogen-bond donors (Lipinski definition) is 2. The highest BCUT2D eigenvalue weighted by Gasteiger charge is 2.24. The summed E-state index contributed by atoms with van der Waals surface area (Å²) in [5, 5.41) is 3.03. The predicted octanol–water partition coefficient (Wildman–Crippen LogP) is 2.72. The molecule has 3 N–H and O–H groups in total. The van der Waals surface area contributed by atoms with Crippen LogP contribution in [0.1, 0.15) is 23.2 Å². The number of carbonyl (C=O) groups is 1. The smallest absolute Gasteiger partial charge is 0.241 e. The van der Waals surface area contributed by atoms with Gasteiger partial charge in [-0.05, 0) is 11.1 Å². The van der Waals surface area contributed by atoms with Crippen molar-refractivity contribution in [1.29, 1.82) is 0 Å². The number of morpholine rings is 1. The van der Waals surface area contributed by atoms with Gasteiger partial charge in [-0.25, -0.2) is 0 Å². The van der Waals surface area contributed by atoms with Crippen LogP contribution in [0.5, 0.6) is 0 Å². The molecule has 1 aliphatic rings. The Bertz CT molecular complexity index is 667. The van der Waals surface area contributed by atoms with Gasteiger partial charge in [-0.3, -0.25) is 9.69 Å². The van der Waals surface area contributed by atoms with Gasteiger partial charge in [0, 0.05) is 19.6 Å². The van der Waals surface area contributed by atoms with Crippen molar-refractivity contribution in [3.63, 3.8) is 0 Å². The average molecular weight is 412 g/mol. The third-order valence-corrected chi connectivity index (χ3v) is 4.58. The molecule has 1 amide bonds. The highest BCUT2D eigenvalue weighted by atomic mass is 35.5. The molecule has 0 saturated carbocycles. The number of carbonyl (C=O) groups excluding carboxylic acids is 1. The monoisotopic (exact) mass is 411 g/mol. The second kappa shape index (κ2) is 12.0. The van der Waals surface area contributed by atoms with Gasteiger partial charge in [-0.2, -0.15) is 0 Å². The van der Waals surface area contributed by atoms with Crippen molar-refractivity contribution >= 4 is 30.7 Å². The summed E-state index contributed by atoms with van der Waals surface area (Å²) < 4.78 is 5.46. The molecule has 0 aliphatic carbocycles. The Morgan fingerprint density at radius 3 is 2.04 bits per heavy atom. The van der Waals surface area contributed by atoms with Crippen molar-refractivity contribution in [2.45, 2.75) is 12.1 Å². The molecule has 27 heavy (non-hydrogen) atoms. The van der Waals surface area contributed by atoms with Crippen molar-refractivity contribution in [3.05, 3.63) is 71.8 Å². The van der Waals surface area contributed by atoms with Crippen molar-refractivity contribution < 1.29 is 9.53 Å². The topological polar surface area (TPSA) is 67.6 Å². The van der Waals surface area contributed by atoms with E-state index in [1.54, 1.807) is 0 Å². The van der Waals surface area contributed by atoms with Gasteiger partial charge in [0.05, 0.1) is 19.3 Å². The first kappa shape index (κ1) is 23.4. The van der Waals surface area contributed by atoms with Gasteiger partial charge >= 0.3 is 0 Å². The van der Waals surface area contributed by atoms with E-state index in [1.165, 1.54) is 5.56 Å². The number of nitrogens with two attached hydrogens (primary N) is 1. The summed E-state index contributed by atoms with van der Waals surface area (Å²) in [4.78, 5) is 14.8. The van der Waals surface area contributed by atoms with Gasteiger partial charge in [-0.1, -0.05) is 60.7 Å². The lowest BCUT2D eigenvalue weighted by Gasteiger charge is -2.35. The molecule has 7 heteroatoms. The summed E-state index contributed by atoms with van der Waals surface area (Å²) in [5.74, 6) is -0.152. The molecule has 5 nitrogen and oxygen atoms in total. The van der Waals surface area contributed by atoms with Gasteiger partial charge in [0.2, 0.25) is 5.91 Å². The Kier molecular flexibility index (Phi) is 10.4. The van der Waals surface area contributed by atoms with Gasteiger partial charge in [0.1, 0.15) is 6.04 Å². The zero-order chi connectivity index (χ0) is 17.5. The zero-order valence-electron chi connectivity index (χ0n) is 15.1. The Morgan fingerprint density at radius 1 is 0.963 bits per heavy atom. The van der Waals surface area contributed by atoms with E-state index in [0.717, 1.165) is 31.9 Å². The minimum atomic E-state index is -0.651.